The maximum Gasteiger partial charge on any atom is 0.415 e. The van der Waals surface area contributed by atoms with E-state index in [2.05, 4.69) is 4.98 Å². The second-order valence-electron chi connectivity index (χ2n) is 6.59. The van der Waals surface area contributed by atoms with Gasteiger partial charge in [-0.1, -0.05) is 36.4 Å². The Morgan fingerprint density at radius 3 is 2.33 bits per heavy atom. The summed E-state index contributed by atoms with van der Waals surface area (Å²) in [6.07, 6.45) is 1.89. The Bertz CT molecular complexity index is 943. The van der Waals surface area contributed by atoms with Crippen molar-refractivity contribution in [3.05, 3.63) is 66.4 Å². The first-order valence-corrected chi connectivity index (χ1v) is 9.05. The third-order valence-electron chi connectivity index (χ3n) is 4.86. The van der Waals surface area contributed by atoms with E-state index in [-0.39, 0.29) is 12.0 Å². The summed E-state index contributed by atoms with van der Waals surface area (Å²) < 4.78 is 5.36. The predicted molar refractivity (Wildman–Crippen MR) is 103 cm³/mol. The molecule has 1 aromatic heterocycles. The quantitative estimate of drug-likeness (QED) is 0.778. The zero-order valence-corrected chi connectivity index (χ0v) is 14.9. The molecule has 1 aliphatic heterocycles. The van der Waals surface area contributed by atoms with Crippen molar-refractivity contribution >= 4 is 22.9 Å². The molecule has 0 bridgehead atoms. The van der Waals surface area contributed by atoms with Gasteiger partial charge in [0, 0.05) is 43.3 Å². The lowest BCUT2D eigenvalue weighted by atomic mass is 10.1. The van der Waals surface area contributed by atoms with Gasteiger partial charge in [0.25, 0.3) is 0 Å². The molecular weight excluding hydrogens is 342 g/mol. The first-order chi connectivity index (χ1) is 13.2. The minimum atomic E-state index is -0.370. The summed E-state index contributed by atoms with van der Waals surface area (Å²) in [4.78, 5) is 31.6. The highest BCUT2D eigenvalue weighted by molar-refractivity contribution is 5.89. The molecule has 0 atom stereocenters. The number of fused-ring (bicyclic) bond motifs is 1. The number of nitrogens with one attached hydrogen (secondary N) is 1. The standard InChI is InChI=1S/C21H21N3O3/c25-20(14-16-15-22-19-9-5-4-8-18(16)19)23-10-12-24(13-11-23)21(26)27-17-6-2-1-3-7-17/h1-9,15,22H,10-14H2. The number of rotatable bonds is 3. The Kier molecular flexibility index (Phi) is 4.78. The van der Waals surface area contributed by atoms with Gasteiger partial charge in [0.15, 0.2) is 0 Å². The molecule has 3 aromatic rings. The molecule has 0 saturated carbocycles. The highest BCUT2D eigenvalue weighted by atomic mass is 16.6. The number of piperazine rings is 1. The minimum absolute atomic E-state index is 0.0795. The Balaban J connectivity index is 1.32. The van der Waals surface area contributed by atoms with E-state index < -0.39 is 0 Å². The van der Waals surface area contributed by atoms with Crippen LogP contribution in [0.1, 0.15) is 5.56 Å². The summed E-state index contributed by atoms with van der Waals surface area (Å²) in [6.45, 7) is 1.99. The van der Waals surface area contributed by atoms with Crippen molar-refractivity contribution < 1.29 is 14.3 Å². The fourth-order valence-electron chi connectivity index (χ4n) is 3.34. The first-order valence-electron chi connectivity index (χ1n) is 9.05. The summed E-state index contributed by atoms with van der Waals surface area (Å²) >= 11 is 0. The second-order valence-corrected chi connectivity index (χ2v) is 6.59. The molecule has 2 aromatic carbocycles. The number of para-hydroxylation sites is 2. The van der Waals surface area contributed by atoms with Crippen molar-refractivity contribution in [3.8, 4) is 5.75 Å². The van der Waals surface area contributed by atoms with Gasteiger partial charge >= 0.3 is 6.09 Å². The van der Waals surface area contributed by atoms with E-state index in [9.17, 15) is 9.59 Å². The van der Waals surface area contributed by atoms with Crippen molar-refractivity contribution in [1.29, 1.82) is 0 Å². The Morgan fingerprint density at radius 2 is 1.56 bits per heavy atom. The van der Waals surface area contributed by atoms with Gasteiger partial charge in [0.1, 0.15) is 5.75 Å². The van der Waals surface area contributed by atoms with Crippen LogP contribution in [0.5, 0.6) is 5.75 Å². The van der Waals surface area contributed by atoms with Crippen molar-refractivity contribution in [2.24, 2.45) is 0 Å². The average molecular weight is 363 g/mol. The third-order valence-corrected chi connectivity index (χ3v) is 4.86. The van der Waals surface area contributed by atoms with Gasteiger partial charge in [-0.05, 0) is 23.8 Å². The molecule has 2 heterocycles. The van der Waals surface area contributed by atoms with Crippen molar-refractivity contribution in [2.75, 3.05) is 26.2 Å². The molecule has 1 N–H and O–H groups in total. The summed E-state index contributed by atoms with van der Waals surface area (Å²) in [5.41, 5.74) is 2.04. The van der Waals surface area contributed by atoms with Crippen molar-refractivity contribution in [3.63, 3.8) is 0 Å². The number of ether oxygens (including phenoxy) is 1. The monoisotopic (exact) mass is 363 g/mol. The normalized spacial score (nSPS) is 14.4. The Labute approximate surface area is 157 Å². The maximum absolute atomic E-state index is 12.7. The van der Waals surface area contributed by atoms with Crippen molar-refractivity contribution in [1.82, 2.24) is 14.8 Å². The highest BCUT2D eigenvalue weighted by Gasteiger charge is 2.25. The SMILES string of the molecule is O=C(Cc1c[nH]c2ccccc12)N1CCN(C(=O)Oc2ccccc2)CC1. The molecule has 6 heteroatoms. The zero-order valence-electron chi connectivity index (χ0n) is 14.9. The van der Waals surface area contributed by atoms with E-state index in [4.69, 9.17) is 4.74 Å². The number of hydrogen-bond donors (Lipinski definition) is 1. The van der Waals surface area contributed by atoms with Crippen LogP contribution < -0.4 is 4.74 Å². The molecule has 0 spiro atoms. The summed E-state index contributed by atoms with van der Waals surface area (Å²) in [6, 6.07) is 17.0. The van der Waals surface area contributed by atoms with Crippen LogP contribution in [-0.2, 0) is 11.2 Å². The number of amides is 2. The number of aromatic nitrogens is 1. The maximum atomic E-state index is 12.7. The summed E-state index contributed by atoms with van der Waals surface area (Å²) in [5, 5.41) is 1.08. The average Bonchev–Trinajstić information content (AvgIpc) is 3.12. The lowest BCUT2D eigenvalue weighted by Gasteiger charge is -2.34. The summed E-state index contributed by atoms with van der Waals surface area (Å²) in [5.74, 6) is 0.608. The Morgan fingerprint density at radius 1 is 0.889 bits per heavy atom. The lowest BCUT2D eigenvalue weighted by Crippen LogP contribution is -2.51. The molecule has 6 nitrogen and oxygen atoms in total. The number of benzene rings is 2. The van der Waals surface area contributed by atoms with Crippen molar-refractivity contribution in [2.45, 2.75) is 6.42 Å². The fraction of sp³-hybridized carbons (Fsp3) is 0.238. The van der Waals surface area contributed by atoms with Gasteiger partial charge in [0.05, 0.1) is 6.42 Å². The molecular formula is C21H21N3O3. The van der Waals surface area contributed by atoms with Gasteiger partial charge in [-0.25, -0.2) is 4.79 Å². The van der Waals surface area contributed by atoms with Crippen LogP contribution in [0.4, 0.5) is 4.79 Å². The molecule has 1 saturated heterocycles. The van der Waals surface area contributed by atoms with E-state index in [0.717, 1.165) is 16.5 Å². The largest absolute Gasteiger partial charge is 0.415 e. The summed E-state index contributed by atoms with van der Waals surface area (Å²) in [7, 11) is 0. The van der Waals surface area contributed by atoms with E-state index in [1.54, 1.807) is 17.0 Å². The smallest absolute Gasteiger partial charge is 0.410 e. The molecule has 0 radical (unpaired) electrons. The van der Waals surface area contributed by atoms with Crippen LogP contribution in [0.2, 0.25) is 0 Å². The van der Waals surface area contributed by atoms with Gasteiger partial charge < -0.3 is 19.5 Å². The predicted octanol–water partition coefficient (Wildman–Crippen LogP) is 3.05. The van der Waals surface area contributed by atoms with Crippen LogP contribution in [0.3, 0.4) is 0 Å². The number of hydrogen-bond acceptors (Lipinski definition) is 3. The molecule has 4 rings (SSSR count). The van der Waals surface area contributed by atoms with Crippen LogP contribution in [0.15, 0.2) is 60.8 Å². The molecule has 2 amide bonds. The fourth-order valence-corrected chi connectivity index (χ4v) is 3.34. The van der Waals surface area contributed by atoms with E-state index in [0.29, 0.717) is 38.3 Å². The van der Waals surface area contributed by atoms with Gasteiger partial charge in [0.2, 0.25) is 5.91 Å². The zero-order chi connectivity index (χ0) is 18.6. The Hall–Kier alpha value is -3.28. The first kappa shape index (κ1) is 17.1. The minimum Gasteiger partial charge on any atom is -0.410 e. The van der Waals surface area contributed by atoms with Crippen LogP contribution in [0.25, 0.3) is 10.9 Å². The second kappa shape index (κ2) is 7.53. The molecule has 27 heavy (non-hydrogen) atoms. The number of H-pyrrole nitrogens is 1. The number of carbonyl (C=O) groups is 2. The van der Waals surface area contributed by atoms with E-state index >= 15 is 0 Å². The number of carbonyl (C=O) groups excluding carboxylic acids is 2. The molecule has 138 valence electrons. The molecule has 1 fully saturated rings. The van der Waals surface area contributed by atoms with E-state index in [1.807, 2.05) is 53.6 Å². The van der Waals surface area contributed by atoms with Crippen LogP contribution >= 0.6 is 0 Å². The molecule has 1 aliphatic rings. The van der Waals surface area contributed by atoms with Gasteiger partial charge in [-0.3, -0.25) is 4.79 Å². The van der Waals surface area contributed by atoms with Gasteiger partial charge in [-0.2, -0.15) is 0 Å². The van der Waals surface area contributed by atoms with Crippen LogP contribution in [0, 0.1) is 0 Å². The molecule has 0 aliphatic carbocycles. The lowest BCUT2D eigenvalue weighted by molar-refractivity contribution is -0.131. The van der Waals surface area contributed by atoms with Gasteiger partial charge in [-0.15, -0.1) is 0 Å². The highest BCUT2D eigenvalue weighted by Crippen LogP contribution is 2.19. The van der Waals surface area contributed by atoms with Crippen LogP contribution in [-0.4, -0.2) is 53.0 Å². The number of nitrogens with zero attached hydrogens (tertiary/aromatic N) is 2. The topological polar surface area (TPSA) is 65.6 Å². The third kappa shape index (κ3) is 3.79. The van der Waals surface area contributed by atoms with E-state index in [1.165, 1.54) is 0 Å². The molecule has 0 unspecified atom stereocenters. The number of aromatic amines is 1.